The maximum atomic E-state index is 11.9. The monoisotopic (exact) mass is 311 g/mol. The third-order valence-corrected chi connectivity index (χ3v) is 3.77. The third-order valence-electron chi connectivity index (χ3n) is 2.27. The Morgan fingerprint density at radius 3 is 2.82 bits per heavy atom. The molecule has 2 rings (SSSR count). The van der Waals surface area contributed by atoms with Gasteiger partial charge in [0.05, 0.1) is 16.0 Å². The predicted octanol–water partition coefficient (Wildman–Crippen LogP) is 3.26. The number of thiophene rings is 1. The van der Waals surface area contributed by atoms with E-state index in [0.717, 1.165) is 3.79 Å². The molecule has 1 amide bonds. The zero-order valence-electron chi connectivity index (χ0n) is 8.81. The van der Waals surface area contributed by atoms with Gasteiger partial charge < -0.3 is 10.4 Å². The Balaban J connectivity index is 2.18. The topological polar surface area (TPSA) is 49.3 Å². The Hall–Kier alpha value is -1.17. The maximum Gasteiger partial charge on any atom is 0.256 e. The van der Waals surface area contributed by atoms with Crippen molar-refractivity contribution in [3.8, 4) is 0 Å². The van der Waals surface area contributed by atoms with E-state index in [2.05, 4.69) is 21.2 Å². The van der Waals surface area contributed by atoms with E-state index in [1.807, 2.05) is 12.1 Å². The summed E-state index contributed by atoms with van der Waals surface area (Å²) < 4.78 is 0.915. The standard InChI is InChI=1S/C12H10BrNO2S/c13-11-5-9(7-17-11)12(16)14-10-4-2-1-3-8(10)6-15/h1-5,7,15H,6H2,(H,14,16). The molecule has 17 heavy (non-hydrogen) atoms. The second kappa shape index (κ2) is 5.44. The number of hydrogen-bond donors (Lipinski definition) is 2. The number of para-hydroxylation sites is 1. The molecule has 0 atom stereocenters. The fourth-order valence-electron chi connectivity index (χ4n) is 1.40. The molecule has 0 aliphatic rings. The molecule has 2 N–H and O–H groups in total. The molecular weight excluding hydrogens is 302 g/mol. The van der Waals surface area contributed by atoms with E-state index in [-0.39, 0.29) is 12.5 Å². The molecule has 1 heterocycles. The average Bonchev–Trinajstić information content (AvgIpc) is 2.77. The van der Waals surface area contributed by atoms with Crippen molar-refractivity contribution >= 4 is 38.9 Å². The van der Waals surface area contributed by atoms with Crippen LogP contribution in [0.15, 0.2) is 39.5 Å². The zero-order valence-corrected chi connectivity index (χ0v) is 11.2. The number of aliphatic hydroxyl groups is 1. The van der Waals surface area contributed by atoms with E-state index in [1.165, 1.54) is 11.3 Å². The molecule has 0 fully saturated rings. The van der Waals surface area contributed by atoms with Gasteiger partial charge in [0.15, 0.2) is 0 Å². The molecule has 0 aliphatic carbocycles. The number of hydrogen-bond acceptors (Lipinski definition) is 3. The highest BCUT2D eigenvalue weighted by molar-refractivity contribution is 9.11. The van der Waals surface area contributed by atoms with Crippen molar-refractivity contribution in [2.45, 2.75) is 6.61 Å². The van der Waals surface area contributed by atoms with E-state index in [9.17, 15) is 4.79 Å². The molecule has 1 aromatic heterocycles. The van der Waals surface area contributed by atoms with Crippen LogP contribution in [0.25, 0.3) is 0 Å². The Bertz CT molecular complexity index is 539. The van der Waals surface area contributed by atoms with Crippen molar-refractivity contribution in [1.29, 1.82) is 0 Å². The molecule has 0 saturated heterocycles. The first kappa shape index (κ1) is 12.3. The number of nitrogens with one attached hydrogen (secondary N) is 1. The van der Waals surface area contributed by atoms with E-state index in [4.69, 9.17) is 5.11 Å². The quantitative estimate of drug-likeness (QED) is 0.914. The molecule has 5 heteroatoms. The van der Waals surface area contributed by atoms with Gasteiger partial charge in [0, 0.05) is 16.6 Å². The summed E-state index contributed by atoms with van der Waals surface area (Å²) in [5.74, 6) is -0.173. The van der Waals surface area contributed by atoms with Crippen LogP contribution in [-0.4, -0.2) is 11.0 Å². The fraction of sp³-hybridized carbons (Fsp3) is 0.0833. The van der Waals surface area contributed by atoms with Gasteiger partial charge in [0.1, 0.15) is 0 Å². The average molecular weight is 312 g/mol. The molecule has 0 unspecified atom stereocenters. The van der Waals surface area contributed by atoms with Crippen LogP contribution in [0, 0.1) is 0 Å². The van der Waals surface area contributed by atoms with Crippen molar-refractivity contribution < 1.29 is 9.90 Å². The number of anilines is 1. The van der Waals surface area contributed by atoms with Crippen molar-refractivity contribution in [3.63, 3.8) is 0 Å². The number of benzene rings is 1. The lowest BCUT2D eigenvalue weighted by molar-refractivity contribution is 0.102. The van der Waals surface area contributed by atoms with Crippen LogP contribution in [-0.2, 0) is 6.61 Å². The Morgan fingerprint density at radius 2 is 2.18 bits per heavy atom. The van der Waals surface area contributed by atoms with Gasteiger partial charge in [0.2, 0.25) is 0 Å². The lowest BCUT2D eigenvalue weighted by Crippen LogP contribution is -2.12. The minimum Gasteiger partial charge on any atom is -0.392 e. The first-order chi connectivity index (χ1) is 8.20. The van der Waals surface area contributed by atoms with Crippen LogP contribution >= 0.6 is 27.3 Å². The van der Waals surface area contributed by atoms with Crippen LogP contribution < -0.4 is 5.32 Å². The van der Waals surface area contributed by atoms with Gasteiger partial charge in [-0.1, -0.05) is 18.2 Å². The number of rotatable bonds is 3. The molecule has 0 aliphatic heterocycles. The normalized spacial score (nSPS) is 10.2. The minimum absolute atomic E-state index is 0.0935. The number of carbonyl (C=O) groups is 1. The maximum absolute atomic E-state index is 11.9. The van der Waals surface area contributed by atoms with Crippen molar-refractivity contribution in [2.24, 2.45) is 0 Å². The second-order valence-electron chi connectivity index (χ2n) is 3.41. The molecule has 1 aromatic carbocycles. The SMILES string of the molecule is O=C(Nc1ccccc1CO)c1csc(Br)c1. The highest BCUT2D eigenvalue weighted by Crippen LogP contribution is 2.22. The smallest absolute Gasteiger partial charge is 0.256 e. The van der Waals surface area contributed by atoms with Crippen LogP contribution in [0.5, 0.6) is 0 Å². The van der Waals surface area contributed by atoms with Crippen molar-refractivity contribution in [1.82, 2.24) is 0 Å². The second-order valence-corrected chi connectivity index (χ2v) is 5.70. The van der Waals surface area contributed by atoms with Gasteiger partial charge in [-0.15, -0.1) is 11.3 Å². The molecule has 3 nitrogen and oxygen atoms in total. The summed E-state index contributed by atoms with van der Waals surface area (Å²) in [5.41, 5.74) is 1.95. The number of aliphatic hydroxyl groups excluding tert-OH is 1. The summed E-state index contributed by atoms with van der Waals surface area (Å²) in [7, 11) is 0. The minimum atomic E-state index is -0.173. The largest absolute Gasteiger partial charge is 0.392 e. The highest BCUT2D eigenvalue weighted by Gasteiger charge is 2.09. The van der Waals surface area contributed by atoms with E-state index < -0.39 is 0 Å². The number of amides is 1. The van der Waals surface area contributed by atoms with E-state index in [1.54, 1.807) is 23.6 Å². The summed E-state index contributed by atoms with van der Waals surface area (Å²) in [4.78, 5) is 11.9. The van der Waals surface area contributed by atoms with Gasteiger partial charge in [-0.2, -0.15) is 0 Å². The van der Waals surface area contributed by atoms with Crippen molar-refractivity contribution in [3.05, 3.63) is 50.6 Å². The van der Waals surface area contributed by atoms with E-state index in [0.29, 0.717) is 16.8 Å². The number of carbonyl (C=O) groups excluding carboxylic acids is 1. The fourth-order valence-corrected chi connectivity index (χ4v) is 2.54. The van der Waals surface area contributed by atoms with Gasteiger partial charge in [-0.3, -0.25) is 4.79 Å². The van der Waals surface area contributed by atoms with Crippen LogP contribution in [0.1, 0.15) is 15.9 Å². The molecular formula is C12H10BrNO2S. The molecule has 88 valence electrons. The van der Waals surface area contributed by atoms with Gasteiger partial charge in [-0.05, 0) is 28.1 Å². The van der Waals surface area contributed by atoms with Gasteiger partial charge >= 0.3 is 0 Å². The predicted molar refractivity (Wildman–Crippen MR) is 72.3 cm³/mol. The summed E-state index contributed by atoms with van der Waals surface area (Å²) in [5, 5.41) is 13.7. The first-order valence-corrected chi connectivity index (χ1v) is 6.62. The Kier molecular flexibility index (Phi) is 3.93. The Labute approximate surface area is 111 Å². The Morgan fingerprint density at radius 1 is 1.41 bits per heavy atom. The lowest BCUT2D eigenvalue weighted by Gasteiger charge is -2.08. The van der Waals surface area contributed by atoms with Gasteiger partial charge in [-0.25, -0.2) is 0 Å². The van der Waals surface area contributed by atoms with Crippen molar-refractivity contribution in [2.75, 3.05) is 5.32 Å². The molecule has 0 spiro atoms. The van der Waals surface area contributed by atoms with Crippen LogP contribution in [0.4, 0.5) is 5.69 Å². The lowest BCUT2D eigenvalue weighted by atomic mass is 10.2. The molecule has 0 bridgehead atoms. The first-order valence-electron chi connectivity index (χ1n) is 4.95. The zero-order chi connectivity index (χ0) is 12.3. The molecule has 0 radical (unpaired) electrons. The molecule has 0 saturated carbocycles. The molecule has 2 aromatic rings. The van der Waals surface area contributed by atoms with Gasteiger partial charge in [0.25, 0.3) is 5.91 Å². The van der Waals surface area contributed by atoms with E-state index >= 15 is 0 Å². The summed E-state index contributed by atoms with van der Waals surface area (Å²) in [6.07, 6.45) is 0. The number of halogens is 1. The highest BCUT2D eigenvalue weighted by atomic mass is 79.9. The summed E-state index contributed by atoms with van der Waals surface area (Å²) in [6, 6.07) is 8.95. The summed E-state index contributed by atoms with van der Waals surface area (Å²) in [6.45, 7) is -0.0935. The summed E-state index contributed by atoms with van der Waals surface area (Å²) >= 11 is 4.77. The van der Waals surface area contributed by atoms with Crippen LogP contribution in [0.3, 0.4) is 0 Å². The third kappa shape index (κ3) is 2.94. The van der Waals surface area contributed by atoms with Crippen LogP contribution in [0.2, 0.25) is 0 Å².